The van der Waals surface area contributed by atoms with Gasteiger partial charge < -0.3 is 0 Å². The molecule has 0 bridgehead atoms. The van der Waals surface area contributed by atoms with E-state index in [-0.39, 0.29) is 17.6 Å². The van der Waals surface area contributed by atoms with Gasteiger partial charge in [-0.1, -0.05) is 37.8 Å². The molecule has 2 rings (SSSR count). The van der Waals surface area contributed by atoms with Crippen LogP contribution < -0.4 is 4.72 Å². The van der Waals surface area contributed by atoms with Gasteiger partial charge in [-0.3, -0.25) is 0 Å². The van der Waals surface area contributed by atoms with Crippen LogP contribution in [-0.4, -0.2) is 14.5 Å². The van der Waals surface area contributed by atoms with Gasteiger partial charge in [0.05, 0.1) is 5.75 Å². The van der Waals surface area contributed by atoms with E-state index < -0.39 is 10.0 Å². The SMILES string of the molecule is O=S(=O)(Cc1ccc(F)cc1)NC1CCCCCC1. The first-order valence-corrected chi connectivity index (χ1v) is 8.45. The van der Waals surface area contributed by atoms with Gasteiger partial charge in [0.25, 0.3) is 0 Å². The first-order chi connectivity index (χ1) is 9.05. The predicted octanol–water partition coefficient (Wildman–Crippen LogP) is 2.97. The number of nitrogens with one attached hydrogen (secondary N) is 1. The Balaban J connectivity index is 1.95. The number of halogens is 1. The van der Waals surface area contributed by atoms with Crippen molar-refractivity contribution < 1.29 is 12.8 Å². The summed E-state index contributed by atoms with van der Waals surface area (Å²) in [5.41, 5.74) is 0.613. The predicted molar refractivity (Wildman–Crippen MR) is 73.6 cm³/mol. The highest BCUT2D eigenvalue weighted by molar-refractivity contribution is 7.88. The van der Waals surface area contributed by atoms with Crippen LogP contribution in [0.2, 0.25) is 0 Å². The van der Waals surface area contributed by atoms with Crippen LogP contribution in [0.5, 0.6) is 0 Å². The van der Waals surface area contributed by atoms with Gasteiger partial charge in [0, 0.05) is 6.04 Å². The fourth-order valence-corrected chi connectivity index (χ4v) is 3.95. The van der Waals surface area contributed by atoms with Gasteiger partial charge in [-0.15, -0.1) is 0 Å². The van der Waals surface area contributed by atoms with Crippen LogP contribution in [0.15, 0.2) is 24.3 Å². The van der Waals surface area contributed by atoms with Crippen LogP contribution in [0.3, 0.4) is 0 Å². The molecule has 5 heteroatoms. The minimum Gasteiger partial charge on any atom is -0.212 e. The Morgan fingerprint density at radius 3 is 2.21 bits per heavy atom. The van der Waals surface area contributed by atoms with Crippen molar-refractivity contribution in [2.75, 3.05) is 0 Å². The molecule has 1 N–H and O–H groups in total. The smallest absolute Gasteiger partial charge is 0.212 e. The molecule has 1 aromatic rings. The molecule has 1 aliphatic carbocycles. The lowest BCUT2D eigenvalue weighted by Crippen LogP contribution is -2.35. The molecule has 0 saturated heterocycles. The van der Waals surface area contributed by atoms with Crippen molar-refractivity contribution >= 4 is 10.0 Å². The highest BCUT2D eigenvalue weighted by atomic mass is 32.2. The molecule has 1 aromatic carbocycles. The van der Waals surface area contributed by atoms with E-state index >= 15 is 0 Å². The summed E-state index contributed by atoms with van der Waals surface area (Å²) in [6.07, 6.45) is 6.39. The molecule has 0 spiro atoms. The zero-order valence-electron chi connectivity index (χ0n) is 10.9. The van der Waals surface area contributed by atoms with Crippen molar-refractivity contribution in [2.24, 2.45) is 0 Å². The molecular weight excluding hydrogens is 265 g/mol. The molecule has 0 radical (unpaired) electrons. The zero-order valence-corrected chi connectivity index (χ0v) is 11.8. The van der Waals surface area contributed by atoms with Crippen molar-refractivity contribution in [3.05, 3.63) is 35.6 Å². The van der Waals surface area contributed by atoms with E-state index in [9.17, 15) is 12.8 Å². The van der Waals surface area contributed by atoms with Gasteiger partial charge in [-0.25, -0.2) is 17.5 Å². The van der Waals surface area contributed by atoms with Crippen LogP contribution in [0, 0.1) is 5.82 Å². The van der Waals surface area contributed by atoms with Gasteiger partial charge in [-0.05, 0) is 30.5 Å². The van der Waals surface area contributed by atoms with E-state index in [0.29, 0.717) is 5.56 Å². The first kappa shape index (κ1) is 14.5. The molecule has 0 amide bonds. The fourth-order valence-electron chi connectivity index (χ4n) is 2.49. The van der Waals surface area contributed by atoms with Crippen molar-refractivity contribution in [2.45, 2.75) is 50.3 Å². The Bertz CT molecular complexity index is 491. The molecule has 0 unspecified atom stereocenters. The number of hydrogen-bond donors (Lipinski definition) is 1. The molecule has 0 aromatic heterocycles. The monoisotopic (exact) mass is 285 g/mol. The van der Waals surface area contributed by atoms with E-state index in [4.69, 9.17) is 0 Å². The Labute approximate surface area is 114 Å². The molecule has 1 fully saturated rings. The average Bonchev–Trinajstić information content (AvgIpc) is 2.60. The van der Waals surface area contributed by atoms with Crippen molar-refractivity contribution in [3.8, 4) is 0 Å². The Hall–Kier alpha value is -0.940. The third kappa shape index (κ3) is 4.91. The van der Waals surface area contributed by atoms with E-state index in [2.05, 4.69) is 4.72 Å². The standard InChI is InChI=1S/C14H20FNO2S/c15-13-9-7-12(8-10-13)11-19(17,18)16-14-5-3-1-2-4-6-14/h7-10,14,16H,1-6,11H2. The van der Waals surface area contributed by atoms with Crippen LogP contribution in [-0.2, 0) is 15.8 Å². The number of hydrogen-bond acceptors (Lipinski definition) is 2. The summed E-state index contributed by atoms with van der Waals surface area (Å²) in [7, 11) is -3.34. The highest BCUT2D eigenvalue weighted by Crippen LogP contribution is 2.18. The van der Waals surface area contributed by atoms with E-state index in [1.165, 1.54) is 37.1 Å². The summed E-state index contributed by atoms with van der Waals surface area (Å²) in [5.74, 6) is -0.429. The molecule has 0 atom stereocenters. The molecule has 3 nitrogen and oxygen atoms in total. The Morgan fingerprint density at radius 2 is 1.63 bits per heavy atom. The number of benzene rings is 1. The summed E-state index contributed by atoms with van der Waals surface area (Å²) in [6.45, 7) is 0. The van der Waals surface area contributed by atoms with E-state index in [1.807, 2.05) is 0 Å². The van der Waals surface area contributed by atoms with Crippen molar-refractivity contribution in [1.82, 2.24) is 4.72 Å². The Morgan fingerprint density at radius 1 is 1.05 bits per heavy atom. The second-order valence-corrected chi connectivity index (χ2v) is 6.95. The maximum atomic E-state index is 12.8. The highest BCUT2D eigenvalue weighted by Gasteiger charge is 2.19. The third-order valence-corrected chi connectivity index (χ3v) is 4.88. The lowest BCUT2D eigenvalue weighted by Gasteiger charge is -2.16. The summed E-state index contributed by atoms with van der Waals surface area (Å²) in [6, 6.07) is 5.67. The maximum absolute atomic E-state index is 12.8. The normalized spacial score (nSPS) is 18.2. The van der Waals surface area contributed by atoms with Gasteiger partial charge in [0.1, 0.15) is 5.82 Å². The molecule has 1 aliphatic rings. The summed E-state index contributed by atoms with van der Waals surface area (Å²) in [4.78, 5) is 0. The van der Waals surface area contributed by atoms with Crippen LogP contribution in [0.1, 0.15) is 44.1 Å². The van der Waals surface area contributed by atoms with Gasteiger partial charge in [-0.2, -0.15) is 0 Å². The summed E-state index contributed by atoms with van der Waals surface area (Å²) < 4.78 is 39.7. The minimum absolute atomic E-state index is 0.0629. The van der Waals surface area contributed by atoms with Gasteiger partial charge in [0.2, 0.25) is 10.0 Å². The molecular formula is C14H20FNO2S. The first-order valence-electron chi connectivity index (χ1n) is 6.80. The zero-order chi connectivity index (χ0) is 13.7. The topological polar surface area (TPSA) is 46.2 Å². The number of sulfonamides is 1. The summed E-state index contributed by atoms with van der Waals surface area (Å²) >= 11 is 0. The van der Waals surface area contributed by atoms with E-state index in [0.717, 1.165) is 25.7 Å². The second kappa shape index (κ2) is 6.48. The van der Waals surface area contributed by atoms with Crippen LogP contribution in [0.25, 0.3) is 0 Å². The molecule has 106 valence electrons. The van der Waals surface area contributed by atoms with E-state index in [1.54, 1.807) is 0 Å². The maximum Gasteiger partial charge on any atom is 0.216 e. The quantitative estimate of drug-likeness (QED) is 0.865. The average molecular weight is 285 g/mol. The minimum atomic E-state index is -3.34. The van der Waals surface area contributed by atoms with Crippen LogP contribution in [0.4, 0.5) is 4.39 Å². The lowest BCUT2D eigenvalue weighted by molar-refractivity contribution is 0.509. The summed E-state index contributed by atoms with van der Waals surface area (Å²) in [5, 5.41) is 0. The lowest BCUT2D eigenvalue weighted by atomic mass is 10.1. The Kier molecular flexibility index (Phi) is 4.93. The molecule has 1 saturated carbocycles. The number of rotatable bonds is 4. The third-order valence-electron chi connectivity index (χ3n) is 3.47. The second-order valence-electron chi connectivity index (χ2n) is 5.19. The fraction of sp³-hybridized carbons (Fsp3) is 0.571. The van der Waals surface area contributed by atoms with Crippen molar-refractivity contribution in [1.29, 1.82) is 0 Å². The largest absolute Gasteiger partial charge is 0.216 e. The molecule has 0 heterocycles. The van der Waals surface area contributed by atoms with Crippen LogP contribution >= 0.6 is 0 Å². The van der Waals surface area contributed by atoms with Gasteiger partial charge in [0.15, 0.2) is 0 Å². The van der Waals surface area contributed by atoms with Gasteiger partial charge >= 0.3 is 0 Å². The molecule has 0 aliphatic heterocycles. The van der Waals surface area contributed by atoms with Crippen molar-refractivity contribution in [3.63, 3.8) is 0 Å². The molecule has 19 heavy (non-hydrogen) atoms.